The first-order valence-corrected chi connectivity index (χ1v) is 10.1. The third-order valence-corrected chi connectivity index (χ3v) is 5.42. The third-order valence-electron chi connectivity index (χ3n) is 5.09. The predicted molar refractivity (Wildman–Crippen MR) is 113 cm³/mol. The number of carbonyl (C=O) groups excluding carboxylic acids is 1. The first kappa shape index (κ1) is 23.5. The molecule has 0 spiro atoms. The van der Waals surface area contributed by atoms with Crippen molar-refractivity contribution in [3.05, 3.63) is 78.6 Å². The molecular formula is C20H20ClFN4O6. The van der Waals surface area contributed by atoms with E-state index < -0.39 is 39.0 Å². The molecule has 0 radical (unpaired) electrons. The topological polar surface area (TPSA) is 128 Å². The van der Waals surface area contributed by atoms with E-state index in [2.05, 4.69) is 5.32 Å². The Kier molecular flexibility index (Phi) is 7.33. The number of nitrogens with one attached hydrogen (secondary N) is 1. The maximum Gasteiger partial charge on any atom is 0.277 e. The van der Waals surface area contributed by atoms with Crippen LogP contribution >= 0.6 is 11.6 Å². The number of non-ortho nitro benzene ring substituents is 2. The summed E-state index contributed by atoms with van der Waals surface area (Å²) in [6.07, 6.45) is -0.119. The lowest BCUT2D eigenvalue weighted by molar-refractivity contribution is -0.394. The van der Waals surface area contributed by atoms with Crippen LogP contribution in [0.5, 0.6) is 0 Å². The Bertz CT molecular complexity index is 1000. The summed E-state index contributed by atoms with van der Waals surface area (Å²) < 4.78 is 20.2. The molecule has 32 heavy (non-hydrogen) atoms. The lowest BCUT2D eigenvalue weighted by Crippen LogP contribution is -2.47. The van der Waals surface area contributed by atoms with Gasteiger partial charge in [0.2, 0.25) is 0 Å². The first-order valence-electron chi connectivity index (χ1n) is 9.69. The molecule has 1 N–H and O–H groups in total. The van der Waals surface area contributed by atoms with Crippen molar-refractivity contribution in [1.82, 2.24) is 10.2 Å². The van der Waals surface area contributed by atoms with E-state index in [0.29, 0.717) is 19.7 Å². The molecule has 12 heteroatoms. The number of nitro groups is 2. The number of halogens is 2. The highest BCUT2D eigenvalue weighted by molar-refractivity contribution is 6.31. The number of benzene rings is 2. The van der Waals surface area contributed by atoms with Gasteiger partial charge in [0.25, 0.3) is 17.3 Å². The average Bonchev–Trinajstić information content (AvgIpc) is 2.75. The van der Waals surface area contributed by atoms with Gasteiger partial charge in [-0.1, -0.05) is 17.7 Å². The van der Waals surface area contributed by atoms with E-state index in [1.807, 2.05) is 11.8 Å². The van der Waals surface area contributed by atoms with Crippen LogP contribution in [0.1, 0.15) is 28.9 Å². The van der Waals surface area contributed by atoms with Crippen LogP contribution in [0.25, 0.3) is 0 Å². The normalized spacial score (nSPS) is 17.5. The Balaban J connectivity index is 1.88. The van der Waals surface area contributed by atoms with Gasteiger partial charge in [-0.15, -0.1) is 0 Å². The summed E-state index contributed by atoms with van der Waals surface area (Å²) in [5.41, 5.74) is -1.21. The molecular weight excluding hydrogens is 447 g/mol. The van der Waals surface area contributed by atoms with E-state index in [1.54, 1.807) is 6.07 Å². The maximum absolute atomic E-state index is 14.7. The molecule has 170 valence electrons. The fraction of sp³-hybridized carbons (Fsp3) is 0.350. The number of amides is 1. The Hall–Kier alpha value is -3.15. The molecule has 1 saturated heterocycles. The van der Waals surface area contributed by atoms with E-state index >= 15 is 0 Å². The van der Waals surface area contributed by atoms with Gasteiger partial charge in [0.1, 0.15) is 5.82 Å². The molecule has 0 bridgehead atoms. The largest absolute Gasteiger partial charge is 0.376 e. The van der Waals surface area contributed by atoms with Gasteiger partial charge in [-0.25, -0.2) is 4.39 Å². The molecule has 1 heterocycles. The highest BCUT2D eigenvalue weighted by Crippen LogP contribution is 2.31. The maximum atomic E-state index is 14.7. The zero-order valence-corrected chi connectivity index (χ0v) is 17.8. The molecule has 2 unspecified atom stereocenters. The second kappa shape index (κ2) is 9.98. The van der Waals surface area contributed by atoms with Crippen molar-refractivity contribution in [1.29, 1.82) is 0 Å². The molecule has 1 aliphatic rings. The molecule has 0 aromatic heterocycles. The van der Waals surface area contributed by atoms with E-state index in [0.717, 1.165) is 18.2 Å². The van der Waals surface area contributed by atoms with Crippen LogP contribution in [0.3, 0.4) is 0 Å². The van der Waals surface area contributed by atoms with Crippen LogP contribution < -0.4 is 5.32 Å². The number of carbonyl (C=O) groups is 1. The molecule has 1 aliphatic heterocycles. The van der Waals surface area contributed by atoms with Gasteiger partial charge in [-0.2, -0.15) is 0 Å². The first-order chi connectivity index (χ1) is 15.2. The fourth-order valence-electron chi connectivity index (χ4n) is 3.60. The minimum absolute atomic E-state index is 0.0807. The minimum atomic E-state index is -0.819. The molecule has 3 rings (SSSR count). The van der Waals surface area contributed by atoms with Crippen molar-refractivity contribution in [2.24, 2.45) is 0 Å². The van der Waals surface area contributed by atoms with E-state index in [1.165, 1.54) is 12.1 Å². The summed E-state index contributed by atoms with van der Waals surface area (Å²) in [4.78, 5) is 35.2. The Morgan fingerprint density at radius 2 is 1.94 bits per heavy atom. The average molecular weight is 467 g/mol. The molecule has 2 atom stereocenters. The quantitative estimate of drug-likeness (QED) is 0.488. The van der Waals surface area contributed by atoms with Gasteiger partial charge in [0, 0.05) is 42.4 Å². The molecule has 0 aliphatic carbocycles. The highest BCUT2D eigenvalue weighted by atomic mass is 35.5. The Morgan fingerprint density at radius 3 is 2.50 bits per heavy atom. The Morgan fingerprint density at radius 1 is 1.28 bits per heavy atom. The molecule has 2 aromatic carbocycles. The molecule has 0 saturated carbocycles. The molecule has 10 nitrogen and oxygen atoms in total. The summed E-state index contributed by atoms with van der Waals surface area (Å²) in [5, 5.41) is 25.0. The van der Waals surface area contributed by atoms with Gasteiger partial charge in [-0.3, -0.25) is 29.9 Å². The number of hydrogen-bond acceptors (Lipinski definition) is 7. The van der Waals surface area contributed by atoms with E-state index in [9.17, 15) is 29.4 Å². The van der Waals surface area contributed by atoms with Crippen molar-refractivity contribution in [3.8, 4) is 0 Å². The minimum Gasteiger partial charge on any atom is -0.376 e. The lowest BCUT2D eigenvalue weighted by atomic mass is 10.0. The van der Waals surface area contributed by atoms with Gasteiger partial charge in [0.15, 0.2) is 0 Å². The van der Waals surface area contributed by atoms with E-state index in [-0.39, 0.29) is 28.8 Å². The number of hydrogen-bond donors (Lipinski definition) is 1. The fourth-order valence-corrected chi connectivity index (χ4v) is 3.89. The van der Waals surface area contributed by atoms with Gasteiger partial charge in [-0.05, 0) is 19.1 Å². The summed E-state index contributed by atoms with van der Waals surface area (Å²) in [7, 11) is 0. The summed E-state index contributed by atoms with van der Waals surface area (Å²) in [6, 6.07) is 6.31. The number of morpholine rings is 1. The number of nitro benzene ring substituents is 2. The number of rotatable bonds is 7. The van der Waals surface area contributed by atoms with Gasteiger partial charge < -0.3 is 10.1 Å². The third kappa shape index (κ3) is 5.36. The Labute approximate surface area is 187 Å². The smallest absolute Gasteiger partial charge is 0.277 e. The zero-order valence-electron chi connectivity index (χ0n) is 17.0. The monoisotopic (exact) mass is 466 g/mol. The SMILES string of the molecule is CC1CN(C(CNC(=O)c2cc([N+](=O)[O-])cc([N+](=O)[O-])c2)c2c(F)cccc2Cl)CCO1. The summed E-state index contributed by atoms with van der Waals surface area (Å²) in [5.74, 6) is -1.31. The van der Waals surface area contributed by atoms with Crippen molar-refractivity contribution in [2.45, 2.75) is 19.1 Å². The molecule has 2 aromatic rings. The van der Waals surface area contributed by atoms with Gasteiger partial charge >= 0.3 is 0 Å². The van der Waals surface area contributed by atoms with Crippen LogP contribution in [0.4, 0.5) is 15.8 Å². The number of nitrogens with zero attached hydrogens (tertiary/aromatic N) is 3. The van der Waals surface area contributed by atoms with Crippen LogP contribution in [0.2, 0.25) is 5.02 Å². The standard InChI is InChI=1S/C20H20ClFN4O6/c1-12-11-24(5-6-32-12)18(19-16(21)3-2-4-17(19)22)10-23-20(27)13-7-14(25(28)29)9-15(8-13)26(30)31/h2-4,7-9,12,18H,5-6,10-11H2,1H3,(H,23,27). The number of ether oxygens (including phenoxy) is 1. The van der Waals surface area contributed by atoms with Crippen LogP contribution in [0.15, 0.2) is 36.4 Å². The lowest BCUT2D eigenvalue weighted by Gasteiger charge is -2.38. The van der Waals surface area contributed by atoms with Crippen LogP contribution in [0, 0.1) is 26.0 Å². The van der Waals surface area contributed by atoms with Crippen molar-refractivity contribution < 1.29 is 23.8 Å². The predicted octanol–water partition coefficient (Wildman–Crippen LogP) is 3.49. The van der Waals surface area contributed by atoms with Crippen molar-refractivity contribution >= 4 is 28.9 Å². The van der Waals surface area contributed by atoms with Gasteiger partial charge in [0.05, 0.1) is 40.2 Å². The molecule has 1 amide bonds. The second-order valence-corrected chi connectivity index (χ2v) is 7.70. The highest BCUT2D eigenvalue weighted by Gasteiger charge is 2.30. The zero-order chi connectivity index (χ0) is 23.4. The van der Waals surface area contributed by atoms with Crippen molar-refractivity contribution in [3.63, 3.8) is 0 Å². The molecule has 1 fully saturated rings. The van der Waals surface area contributed by atoms with Crippen LogP contribution in [-0.4, -0.2) is 53.0 Å². The van der Waals surface area contributed by atoms with Crippen molar-refractivity contribution in [2.75, 3.05) is 26.2 Å². The summed E-state index contributed by atoms with van der Waals surface area (Å²) in [6.45, 7) is 3.13. The van der Waals surface area contributed by atoms with E-state index in [4.69, 9.17) is 16.3 Å². The van der Waals surface area contributed by atoms with Crippen LogP contribution in [-0.2, 0) is 4.74 Å². The second-order valence-electron chi connectivity index (χ2n) is 7.29. The summed E-state index contributed by atoms with van der Waals surface area (Å²) >= 11 is 6.26.